The van der Waals surface area contributed by atoms with Gasteiger partial charge in [-0.25, -0.2) is 8.42 Å². The van der Waals surface area contributed by atoms with Gasteiger partial charge in [-0.05, 0) is 19.1 Å². The van der Waals surface area contributed by atoms with E-state index in [0.29, 0.717) is 11.4 Å². The monoisotopic (exact) mass is 395 g/mol. The molecule has 1 aliphatic heterocycles. The van der Waals surface area contributed by atoms with Crippen molar-refractivity contribution < 1.29 is 22.6 Å². The van der Waals surface area contributed by atoms with Crippen LogP contribution in [0.5, 0.6) is 0 Å². The van der Waals surface area contributed by atoms with Crippen molar-refractivity contribution in [3.63, 3.8) is 0 Å². The maximum atomic E-state index is 10.4. The summed E-state index contributed by atoms with van der Waals surface area (Å²) < 4.78 is 32.0. The third kappa shape index (κ3) is 5.08. The van der Waals surface area contributed by atoms with E-state index in [-0.39, 0.29) is 11.5 Å². The summed E-state index contributed by atoms with van der Waals surface area (Å²) in [6.45, 7) is 2.10. The molecule has 0 aromatic heterocycles. The van der Waals surface area contributed by atoms with Gasteiger partial charge in [-0.3, -0.25) is 0 Å². The van der Waals surface area contributed by atoms with Crippen molar-refractivity contribution in [2.45, 2.75) is 23.2 Å². The minimum Gasteiger partial charge on any atom is -0.744 e. The third-order valence-electron chi connectivity index (χ3n) is 4.60. The van der Waals surface area contributed by atoms with Crippen LogP contribution >= 0.6 is 11.8 Å². The maximum absolute atomic E-state index is 10.4. The second kappa shape index (κ2) is 8.54. The summed E-state index contributed by atoms with van der Waals surface area (Å²) in [5, 5.41) is 9.80. The van der Waals surface area contributed by atoms with Gasteiger partial charge in [0.15, 0.2) is 5.37 Å². The Hall–Kier alpha value is -1.38. The Morgan fingerprint density at radius 1 is 1.12 bits per heavy atom. The number of likely N-dealkylation sites (N-methyl/N-ethyl adjacent to an activating group) is 1. The number of quaternary nitrogens is 1. The molecule has 2 aromatic carbocycles. The molecule has 0 radical (unpaired) electrons. The molecule has 5 nitrogen and oxygen atoms in total. The average Bonchev–Trinajstić information content (AvgIpc) is 2.90. The van der Waals surface area contributed by atoms with Crippen LogP contribution < -0.4 is 0 Å². The summed E-state index contributed by atoms with van der Waals surface area (Å²) >= 11 is 1.95. The lowest BCUT2D eigenvalue weighted by Gasteiger charge is -2.35. The quantitative estimate of drug-likeness (QED) is 0.639. The highest BCUT2D eigenvalue weighted by atomic mass is 32.2. The summed E-state index contributed by atoms with van der Waals surface area (Å²) in [5.41, 5.74) is 2.29. The third-order valence-corrected chi connectivity index (χ3v) is 7.16. The number of thioether (sulfide) groups is 1. The van der Waals surface area contributed by atoms with E-state index < -0.39 is 10.1 Å². The van der Waals surface area contributed by atoms with Gasteiger partial charge in [0.05, 0.1) is 31.4 Å². The normalized spacial score (nSPS) is 21.7. The minimum absolute atomic E-state index is 0.178. The van der Waals surface area contributed by atoms with E-state index in [4.69, 9.17) is 0 Å². The number of hydrogen-bond acceptors (Lipinski definition) is 5. The molecule has 1 aliphatic rings. The Labute approximate surface area is 160 Å². The summed E-state index contributed by atoms with van der Waals surface area (Å²) in [6, 6.07) is 16.7. The van der Waals surface area contributed by atoms with Crippen molar-refractivity contribution in [2.75, 3.05) is 26.5 Å². The Morgan fingerprint density at radius 2 is 1.69 bits per heavy atom. The molecule has 1 heterocycles. The van der Waals surface area contributed by atoms with Gasteiger partial charge in [0.2, 0.25) is 0 Å². The largest absolute Gasteiger partial charge is 0.744 e. The summed E-state index contributed by atoms with van der Waals surface area (Å²) in [5.74, 6) is 1.04. The molecule has 26 heavy (non-hydrogen) atoms. The fourth-order valence-corrected chi connectivity index (χ4v) is 5.11. The number of rotatable bonds is 3. The second-order valence-electron chi connectivity index (χ2n) is 6.83. The lowest BCUT2D eigenvalue weighted by Crippen LogP contribution is -2.48. The first-order valence-electron chi connectivity index (χ1n) is 8.29. The molecule has 2 unspecified atom stereocenters. The fraction of sp³-hybridized carbons (Fsp3) is 0.368. The number of aliphatic hydroxyl groups excluding tert-OH is 1. The lowest BCUT2D eigenvalue weighted by atomic mass is 10.1. The van der Waals surface area contributed by atoms with Crippen LogP contribution in [-0.2, 0) is 10.1 Å². The van der Waals surface area contributed by atoms with Crippen molar-refractivity contribution >= 4 is 21.9 Å². The summed E-state index contributed by atoms with van der Waals surface area (Å²) in [7, 11) is 0.144. The number of aryl methyl sites for hydroxylation is 1. The highest BCUT2D eigenvalue weighted by molar-refractivity contribution is 7.99. The van der Waals surface area contributed by atoms with E-state index in [1.165, 1.54) is 17.7 Å². The standard InChI is InChI=1S/C12H18NOS.C7H8O3S/c1-13(2)11(8-14)9-15-12(13)10-6-4-3-5-7-10;1-6-2-4-7(5-3-6)11(8,9)10/h3-7,11-12,14H,8-9H2,1-2H3;2-5H,1H3,(H,8,9,10)/q+1;/p-1. The molecular formula is C19H25NO4S2. The highest BCUT2D eigenvalue weighted by Gasteiger charge is 2.43. The Kier molecular flexibility index (Phi) is 6.87. The van der Waals surface area contributed by atoms with Gasteiger partial charge in [-0.1, -0.05) is 59.8 Å². The van der Waals surface area contributed by atoms with E-state index in [9.17, 15) is 18.1 Å². The Morgan fingerprint density at radius 3 is 2.15 bits per heavy atom. The average molecular weight is 396 g/mol. The van der Waals surface area contributed by atoms with Gasteiger partial charge < -0.3 is 14.1 Å². The van der Waals surface area contributed by atoms with Crippen LogP contribution in [-0.4, -0.2) is 55.1 Å². The van der Waals surface area contributed by atoms with E-state index in [0.717, 1.165) is 15.8 Å². The van der Waals surface area contributed by atoms with Crippen molar-refractivity contribution in [3.05, 3.63) is 65.7 Å². The van der Waals surface area contributed by atoms with Crippen LogP contribution in [0.25, 0.3) is 0 Å². The number of benzene rings is 2. The molecule has 142 valence electrons. The molecule has 0 aliphatic carbocycles. The molecule has 3 rings (SSSR count). The zero-order valence-electron chi connectivity index (χ0n) is 15.2. The van der Waals surface area contributed by atoms with Crippen LogP contribution in [0, 0.1) is 6.92 Å². The molecule has 1 saturated heterocycles. The van der Waals surface area contributed by atoms with Crippen LogP contribution in [0.3, 0.4) is 0 Å². The Balaban J connectivity index is 0.000000197. The van der Waals surface area contributed by atoms with Crippen LogP contribution in [0.1, 0.15) is 16.5 Å². The zero-order chi connectivity index (χ0) is 19.4. The van der Waals surface area contributed by atoms with Crippen molar-refractivity contribution in [2.24, 2.45) is 0 Å². The van der Waals surface area contributed by atoms with E-state index in [1.54, 1.807) is 12.1 Å². The van der Waals surface area contributed by atoms with Gasteiger partial charge in [-0.2, -0.15) is 0 Å². The molecule has 0 bridgehead atoms. The van der Waals surface area contributed by atoms with Crippen LogP contribution in [0.2, 0.25) is 0 Å². The van der Waals surface area contributed by atoms with Gasteiger partial charge >= 0.3 is 0 Å². The summed E-state index contributed by atoms with van der Waals surface area (Å²) in [4.78, 5) is -0.178. The summed E-state index contributed by atoms with van der Waals surface area (Å²) in [6.07, 6.45) is 0. The van der Waals surface area contributed by atoms with Gasteiger partial charge in [0, 0.05) is 5.56 Å². The molecule has 2 aromatic rings. The van der Waals surface area contributed by atoms with E-state index in [2.05, 4.69) is 38.4 Å². The smallest absolute Gasteiger partial charge is 0.162 e. The fourth-order valence-electron chi connectivity index (χ4n) is 2.84. The number of hydrogen-bond donors (Lipinski definition) is 1. The topological polar surface area (TPSA) is 77.4 Å². The number of aliphatic hydroxyl groups is 1. The first-order chi connectivity index (χ1) is 12.2. The Bertz CT molecular complexity index is 805. The van der Waals surface area contributed by atoms with Crippen molar-refractivity contribution in [3.8, 4) is 0 Å². The van der Waals surface area contributed by atoms with E-state index in [1.807, 2.05) is 24.8 Å². The molecule has 1 N–H and O–H groups in total. The van der Waals surface area contributed by atoms with Crippen LogP contribution in [0.15, 0.2) is 59.5 Å². The van der Waals surface area contributed by atoms with Gasteiger partial charge in [0.25, 0.3) is 0 Å². The molecule has 1 fully saturated rings. The van der Waals surface area contributed by atoms with Gasteiger partial charge in [-0.15, -0.1) is 0 Å². The van der Waals surface area contributed by atoms with Gasteiger partial charge in [0.1, 0.15) is 16.2 Å². The maximum Gasteiger partial charge on any atom is 0.162 e. The second-order valence-corrected chi connectivity index (χ2v) is 9.32. The lowest BCUT2D eigenvalue weighted by molar-refractivity contribution is -0.922. The predicted molar refractivity (Wildman–Crippen MR) is 104 cm³/mol. The highest BCUT2D eigenvalue weighted by Crippen LogP contribution is 2.44. The molecule has 0 amide bonds. The first kappa shape index (κ1) is 20.9. The van der Waals surface area contributed by atoms with Crippen molar-refractivity contribution in [1.82, 2.24) is 0 Å². The van der Waals surface area contributed by atoms with Crippen LogP contribution in [0.4, 0.5) is 0 Å². The van der Waals surface area contributed by atoms with Crippen molar-refractivity contribution in [1.29, 1.82) is 0 Å². The SMILES string of the molecule is C[N+]1(C)C(CO)CSC1c1ccccc1.Cc1ccc(S(=O)(=O)[O-])cc1. The molecule has 0 spiro atoms. The van der Waals surface area contributed by atoms with E-state index >= 15 is 0 Å². The minimum atomic E-state index is -4.27. The molecule has 2 atom stereocenters. The number of nitrogens with zero attached hydrogens (tertiary/aromatic N) is 1. The first-order valence-corrected chi connectivity index (χ1v) is 10.7. The molecule has 7 heteroatoms. The zero-order valence-corrected chi connectivity index (χ0v) is 16.8. The predicted octanol–water partition coefficient (Wildman–Crippen LogP) is 2.77. The molecular weight excluding hydrogens is 370 g/mol. The molecule has 0 saturated carbocycles.